The molecule has 0 unspecified atom stereocenters. The van der Waals surface area contributed by atoms with Gasteiger partial charge in [-0.25, -0.2) is 0 Å². The lowest BCUT2D eigenvalue weighted by Crippen LogP contribution is -2.20. The van der Waals surface area contributed by atoms with Crippen molar-refractivity contribution in [2.45, 2.75) is 0 Å². The molecular formula is C7H5BClNO3. The van der Waals surface area contributed by atoms with Crippen LogP contribution < -0.4 is 4.65 Å². The van der Waals surface area contributed by atoms with Crippen molar-refractivity contribution in [2.75, 3.05) is 0 Å². The zero-order valence-electron chi connectivity index (χ0n) is 6.44. The number of halogens is 1. The van der Waals surface area contributed by atoms with Gasteiger partial charge >= 0.3 is 7.32 Å². The standard InChI is InChI=1S/C7H5BClNO3/c9-7-3-6(13-8(11)12)2-1-5(7)4-10/h1-3,11-12H. The normalized spacial score (nSPS) is 9.08. The molecule has 0 aliphatic carbocycles. The van der Waals surface area contributed by atoms with Crippen molar-refractivity contribution < 1.29 is 14.7 Å². The summed E-state index contributed by atoms with van der Waals surface area (Å²) in [5.74, 6) is 0.194. The summed E-state index contributed by atoms with van der Waals surface area (Å²) in [6.07, 6.45) is 0. The highest BCUT2D eigenvalue weighted by atomic mass is 35.5. The first-order valence-electron chi connectivity index (χ1n) is 3.36. The third-order valence-corrected chi connectivity index (χ3v) is 1.62. The minimum absolute atomic E-state index is 0.194. The molecule has 4 nitrogen and oxygen atoms in total. The molecule has 13 heavy (non-hydrogen) atoms. The molecule has 0 saturated heterocycles. The predicted octanol–water partition coefficient (Wildman–Crippen LogP) is 0.560. The average molecular weight is 197 g/mol. The Morgan fingerprint density at radius 2 is 2.15 bits per heavy atom. The van der Waals surface area contributed by atoms with E-state index in [9.17, 15) is 0 Å². The van der Waals surface area contributed by atoms with Crippen LogP contribution in [0.3, 0.4) is 0 Å². The molecule has 0 aliphatic rings. The van der Waals surface area contributed by atoms with Crippen LogP contribution in [0.15, 0.2) is 18.2 Å². The van der Waals surface area contributed by atoms with E-state index in [1.54, 1.807) is 0 Å². The van der Waals surface area contributed by atoms with Gasteiger partial charge in [-0.1, -0.05) is 11.6 Å². The Labute approximate surface area is 80.1 Å². The second kappa shape index (κ2) is 4.14. The van der Waals surface area contributed by atoms with Crippen LogP contribution in [0, 0.1) is 11.3 Å². The Morgan fingerprint density at radius 3 is 2.62 bits per heavy atom. The van der Waals surface area contributed by atoms with E-state index in [1.807, 2.05) is 6.07 Å². The van der Waals surface area contributed by atoms with Gasteiger partial charge in [-0.05, 0) is 18.2 Å². The van der Waals surface area contributed by atoms with Crippen LogP contribution in [-0.4, -0.2) is 17.4 Å². The maximum absolute atomic E-state index is 8.52. The molecule has 0 saturated carbocycles. The predicted molar refractivity (Wildman–Crippen MR) is 47.0 cm³/mol. The molecule has 1 rings (SSSR count). The van der Waals surface area contributed by atoms with Gasteiger partial charge < -0.3 is 14.7 Å². The molecule has 0 atom stereocenters. The lowest BCUT2D eigenvalue weighted by atomic mass is 10.2. The van der Waals surface area contributed by atoms with E-state index in [-0.39, 0.29) is 10.8 Å². The molecule has 0 radical (unpaired) electrons. The Morgan fingerprint density at radius 1 is 1.46 bits per heavy atom. The zero-order valence-corrected chi connectivity index (χ0v) is 7.19. The highest BCUT2D eigenvalue weighted by Gasteiger charge is 2.11. The third kappa shape index (κ3) is 2.63. The first-order chi connectivity index (χ1) is 6.13. The van der Waals surface area contributed by atoms with E-state index in [0.717, 1.165) is 0 Å². The van der Waals surface area contributed by atoms with Crippen LogP contribution in [0.2, 0.25) is 5.02 Å². The van der Waals surface area contributed by atoms with E-state index < -0.39 is 7.32 Å². The average Bonchev–Trinajstić information content (AvgIpc) is 2.03. The van der Waals surface area contributed by atoms with Crippen molar-refractivity contribution in [3.63, 3.8) is 0 Å². The van der Waals surface area contributed by atoms with Crippen molar-refractivity contribution in [1.82, 2.24) is 0 Å². The quantitative estimate of drug-likeness (QED) is 0.680. The topological polar surface area (TPSA) is 73.5 Å². The lowest BCUT2D eigenvalue weighted by molar-refractivity contribution is 0.288. The van der Waals surface area contributed by atoms with Gasteiger partial charge in [0.25, 0.3) is 0 Å². The van der Waals surface area contributed by atoms with Crippen LogP contribution >= 0.6 is 11.6 Å². The van der Waals surface area contributed by atoms with Gasteiger partial charge in [0.05, 0.1) is 10.6 Å². The molecule has 2 N–H and O–H groups in total. The Bertz CT molecular complexity index is 350. The van der Waals surface area contributed by atoms with E-state index in [1.165, 1.54) is 18.2 Å². The Hall–Kier alpha value is -1.22. The maximum Gasteiger partial charge on any atom is 0.707 e. The van der Waals surface area contributed by atoms with Gasteiger partial charge in [0.1, 0.15) is 11.8 Å². The van der Waals surface area contributed by atoms with E-state index >= 15 is 0 Å². The second-order valence-electron chi connectivity index (χ2n) is 2.20. The molecule has 0 aliphatic heterocycles. The molecule has 0 fully saturated rings. The molecule has 1 aromatic carbocycles. The van der Waals surface area contributed by atoms with E-state index in [2.05, 4.69) is 4.65 Å². The summed E-state index contributed by atoms with van der Waals surface area (Å²) in [6.45, 7) is 0. The molecular weight excluding hydrogens is 192 g/mol. The van der Waals surface area contributed by atoms with Crippen LogP contribution in [-0.2, 0) is 0 Å². The number of nitrogens with zero attached hydrogens (tertiary/aromatic N) is 1. The molecule has 66 valence electrons. The van der Waals surface area contributed by atoms with E-state index in [0.29, 0.717) is 5.56 Å². The summed E-state index contributed by atoms with van der Waals surface area (Å²) in [6, 6.07) is 6.05. The Kier molecular flexibility index (Phi) is 3.15. The molecule has 1 aromatic rings. The fraction of sp³-hybridized carbons (Fsp3) is 0. The highest BCUT2D eigenvalue weighted by Crippen LogP contribution is 2.21. The SMILES string of the molecule is N#Cc1ccc(OB(O)O)cc1Cl. The summed E-state index contributed by atoms with van der Waals surface area (Å²) in [7, 11) is -1.89. The maximum atomic E-state index is 8.52. The first kappa shape index (κ1) is 9.87. The fourth-order valence-corrected chi connectivity index (χ4v) is 0.994. The number of rotatable bonds is 2. The van der Waals surface area contributed by atoms with Gasteiger partial charge in [-0.2, -0.15) is 5.26 Å². The fourth-order valence-electron chi connectivity index (χ4n) is 0.782. The minimum atomic E-state index is -1.89. The van der Waals surface area contributed by atoms with Crippen LogP contribution in [0.5, 0.6) is 5.75 Å². The zero-order chi connectivity index (χ0) is 9.84. The van der Waals surface area contributed by atoms with Crippen molar-refractivity contribution in [3.8, 4) is 11.8 Å². The molecule has 0 spiro atoms. The van der Waals surface area contributed by atoms with Gasteiger partial charge in [-0.15, -0.1) is 0 Å². The van der Waals surface area contributed by atoms with Crippen LogP contribution in [0.4, 0.5) is 0 Å². The van der Waals surface area contributed by atoms with Crippen molar-refractivity contribution in [2.24, 2.45) is 0 Å². The lowest BCUT2D eigenvalue weighted by Gasteiger charge is -2.04. The monoisotopic (exact) mass is 197 g/mol. The summed E-state index contributed by atoms with van der Waals surface area (Å²) < 4.78 is 4.51. The first-order valence-corrected chi connectivity index (χ1v) is 3.73. The number of hydrogen-bond acceptors (Lipinski definition) is 4. The van der Waals surface area contributed by atoms with Gasteiger partial charge in [0.15, 0.2) is 0 Å². The van der Waals surface area contributed by atoms with Crippen LogP contribution in [0.25, 0.3) is 0 Å². The summed E-state index contributed by atoms with van der Waals surface area (Å²) in [4.78, 5) is 0. The molecule has 6 heteroatoms. The van der Waals surface area contributed by atoms with Crippen molar-refractivity contribution in [3.05, 3.63) is 28.8 Å². The van der Waals surface area contributed by atoms with E-state index in [4.69, 9.17) is 26.9 Å². The Balaban J connectivity index is 2.91. The minimum Gasteiger partial charge on any atom is -0.512 e. The number of benzene rings is 1. The molecule has 0 amide bonds. The summed E-state index contributed by atoms with van der Waals surface area (Å²) in [5, 5.41) is 25.6. The summed E-state index contributed by atoms with van der Waals surface area (Å²) >= 11 is 5.65. The largest absolute Gasteiger partial charge is 0.707 e. The number of nitriles is 1. The smallest absolute Gasteiger partial charge is 0.512 e. The number of hydrogen-bond donors (Lipinski definition) is 2. The van der Waals surface area contributed by atoms with Gasteiger partial charge in [0.2, 0.25) is 0 Å². The summed E-state index contributed by atoms with van der Waals surface area (Å²) in [5.41, 5.74) is 0.307. The third-order valence-electron chi connectivity index (χ3n) is 1.30. The highest BCUT2D eigenvalue weighted by molar-refractivity contribution is 6.34. The molecule has 0 bridgehead atoms. The van der Waals surface area contributed by atoms with Gasteiger partial charge in [-0.3, -0.25) is 0 Å². The van der Waals surface area contributed by atoms with Crippen LogP contribution in [0.1, 0.15) is 5.56 Å². The molecule has 0 aromatic heterocycles. The van der Waals surface area contributed by atoms with Crippen molar-refractivity contribution in [1.29, 1.82) is 5.26 Å². The van der Waals surface area contributed by atoms with Gasteiger partial charge in [0, 0.05) is 0 Å². The van der Waals surface area contributed by atoms with Crippen molar-refractivity contribution >= 4 is 18.9 Å². The molecule has 0 heterocycles. The second-order valence-corrected chi connectivity index (χ2v) is 2.60.